The quantitative estimate of drug-likeness (QED) is 0.299. The molecule has 4 rings (SSSR count). The van der Waals surface area contributed by atoms with E-state index in [0.717, 1.165) is 12.8 Å². The van der Waals surface area contributed by atoms with Crippen LogP contribution >= 0.6 is 11.6 Å². The average molecular weight is 550 g/mol. The molecule has 0 amide bonds. The van der Waals surface area contributed by atoms with E-state index in [1.165, 1.54) is 36.8 Å². The number of Topliss-reactive ketones (excluding diaryl/α,β-unsaturated/α-hetero) is 2. The van der Waals surface area contributed by atoms with E-state index in [-0.39, 0.29) is 34.9 Å². The van der Waals surface area contributed by atoms with Crippen molar-refractivity contribution in [2.24, 2.45) is 11.3 Å². The standard InChI is InChI=1S/C31H32ClNO6/c1-18(34)23-10-9-22(32)13-24(23)25-14-29(36)33(17-28(25)39-4)26(11-20-15-31(2,3)16-20)27(35)12-19-5-7-21(8-6-19)30(37)38/h5-10,13-14,17,20,26H,11-12,15-16H2,1-4H3,(H,37,38). The summed E-state index contributed by atoms with van der Waals surface area (Å²) in [6.45, 7) is 5.82. The zero-order chi connectivity index (χ0) is 28.5. The maximum atomic E-state index is 13.7. The number of ketones is 2. The van der Waals surface area contributed by atoms with Crippen LogP contribution in [0.1, 0.15) is 72.4 Å². The minimum atomic E-state index is -1.04. The molecule has 1 fully saturated rings. The van der Waals surface area contributed by atoms with Gasteiger partial charge in [0, 0.05) is 28.6 Å². The number of carbonyl (C=O) groups is 3. The summed E-state index contributed by atoms with van der Waals surface area (Å²) in [5.74, 6) is -0.728. The van der Waals surface area contributed by atoms with Crippen molar-refractivity contribution in [3.63, 3.8) is 0 Å². The molecular weight excluding hydrogens is 518 g/mol. The molecule has 8 heteroatoms. The normalized spacial score (nSPS) is 15.3. The summed E-state index contributed by atoms with van der Waals surface area (Å²) in [5, 5.41) is 9.59. The van der Waals surface area contributed by atoms with Crippen LogP contribution in [0.5, 0.6) is 5.75 Å². The Morgan fingerprint density at radius 1 is 1.08 bits per heavy atom. The molecule has 1 aliphatic rings. The fourth-order valence-corrected chi connectivity index (χ4v) is 5.83. The molecule has 0 bridgehead atoms. The van der Waals surface area contributed by atoms with Crippen molar-refractivity contribution in [3.05, 3.63) is 86.8 Å². The van der Waals surface area contributed by atoms with E-state index in [1.54, 1.807) is 36.5 Å². The van der Waals surface area contributed by atoms with Gasteiger partial charge in [-0.15, -0.1) is 0 Å². The van der Waals surface area contributed by atoms with Crippen molar-refractivity contribution in [1.29, 1.82) is 0 Å². The summed E-state index contributed by atoms with van der Waals surface area (Å²) in [5.41, 5.74) is 1.94. The Bertz CT molecular complexity index is 1480. The third kappa shape index (κ3) is 6.31. The predicted molar refractivity (Wildman–Crippen MR) is 150 cm³/mol. The Kier molecular flexibility index (Phi) is 8.12. The van der Waals surface area contributed by atoms with Crippen molar-refractivity contribution in [1.82, 2.24) is 4.57 Å². The molecule has 1 aliphatic carbocycles. The zero-order valence-electron chi connectivity index (χ0n) is 22.5. The first-order valence-electron chi connectivity index (χ1n) is 12.8. The van der Waals surface area contributed by atoms with Gasteiger partial charge in [0.1, 0.15) is 5.75 Å². The second-order valence-electron chi connectivity index (χ2n) is 11.1. The molecular formula is C31H32ClNO6. The van der Waals surface area contributed by atoms with Gasteiger partial charge in [0.05, 0.1) is 24.9 Å². The van der Waals surface area contributed by atoms with Gasteiger partial charge in [-0.25, -0.2) is 4.79 Å². The van der Waals surface area contributed by atoms with Gasteiger partial charge in [-0.2, -0.15) is 0 Å². The van der Waals surface area contributed by atoms with Gasteiger partial charge in [0.15, 0.2) is 11.6 Å². The second kappa shape index (κ2) is 11.2. The molecule has 7 nitrogen and oxygen atoms in total. The van der Waals surface area contributed by atoms with Crippen LogP contribution in [0.2, 0.25) is 5.02 Å². The predicted octanol–water partition coefficient (Wildman–Crippen LogP) is 6.26. The van der Waals surface area contributed by atoms with Gasteiger partial charge in [0.2, 0.25) is 0 Å². The van der Waals surface area contributed by atoms with Crippen LogP contribution < -0.4 is 10.3 Å². The number of aromatic carboxylic acids is 1. The summed E-state index contributed by atoms with van der Waals surface area (Å²) in [6.07, 6.45) is 4.02. The molecule has 0 saturated heterocycles. The number of halogens is 1. The van der Waals surface area contributed by atoms with Crippen molar-refractivity contribution >= 4 is 29.1 Å². The molecule has 1 saturated carbocycles. The summed E-state index contributed by atoms with van der Waals surface area (Å²) in [4.78, 5) is 50.7. The molecule has 0 aliphatic heterocycles. The van der Waals surface area contributed by atoms with E-state index >= 15 is 0 Å². The number of benzene rings is 2. The Labute approximate surface area is 232 Å². The zero-order valence-corrected chi connectivity index (χ0v) is 23.2. The van der Waals surface area contributed by atoms with Crippen molar-refractivity contribution in [2.45, 2.75) is 52.5 Å². The second-order valence-corrected chi connectivity index (χ2v) is 11.5. The SMILES string of the molecule is COc1cn(C(CC2CC(C)(C)C2)C(=O)Cc2ccc(C(=O)O)cc2)c(=O)cc1-c1cc(Cl)ccc1C(C)=O. The lowest BCUT2D eigenvalue weighted by Gasteiger charge is -2.44. The van der Waals surface area contributed by atoms with Crippen molar-refractivity contribution in [2.75, 3.05) is 7.11 Å². The lowest BCUT2D eigenvalue weighted by atomic mass is 9.62. The maximum Gasteiger partial charge on any atom is 0.335 e. The molecule has 39 heavy (non-hydrogen) atoms. The number of aromatic nitrogens is 1. The first-order chi connectivity index (χ1) is 18.4. The van der Waals surface area contributed by atoms with Crippen molar-refractivity contribution in [3.8, 4) is 16.9 Å². The van der Waals surface area contributed by atoms with Gasteiger partial charge in [-0.1, -0.05) is 37.6 Å². The fourth-order valence-electron chi connectivity index (χ4n) is 5.66. The van der Waals surface area contributed by atoms with Crippen LogP contribution in [0.15, 0.2) is 59.5 Å². The van der Waals surface area contributed by atoms with E-state index in [4.69, 9.17) is 16.3 Å². The Hall–Kier alpha value is -3.71. The van der Waals surface area contributed by atoms with Crippen LogP contribution in [-0.4, -0.2) is 34.3 Å². The van der Waals surface area contributed by atoms with Gasteiger partial charge >= 0.3 is 5.97 Å². The highest BCUT2D eigenvalue weighted by Gasteiger charge is 2.39. The van der Waals surface area contributed by atoms with E-state index in [9.17, 15) is 24.3 Å². The number of carboxylic acids is 1. The Balaban J connectivity index is 1.74. The van der Waals surface area contributed by atoms with Crippen molar-refractivity contribution < 1.29 is 24.2 Å². The summed E-state index contributed by atoms with van der Waals surface area (Å²) >= 11 is 6.22. The number of hydrogen-bond acceptors (Lipinski definition) is 5. The van der Waals surface area contributed by atoms with E-state index in [2.05, 4.69) is 13.8 Å². The summed E-state index contributed by atoms with van der Waals surface area (Å²) in [6, 6.07) is 11.7. The maximum absolute atomic E-state index is 13.7. The molecule has 204 valence electrons. The number of carbonyl (C=O) groups excluding carboxylic acids is 2. The molecule has 1 unspecified atom stereocenters. The lowest BCUT2D eigenvalue weighted by molar-refractivity contribution is -0.122. The highest BCUT2D eigenvalue weighted by molar-refractivity contribution is 6.31. The Morgan fingerprint density at radius 2 is 1.74 bits per heavy atom. The van der Waals surface area contributed by atoms with Crippen LogP contribution in [0.3, 0.4) is 0 Å². The monoisotopic (exact) mass is 549 g/mol. The minimum Gasteiger partial charge on any atom is -0.495 e. The molecule has 3 aromatic rings. The van der Waals surface area contributed by atoms with Crippen LogP contribution in [-0.2, 0) is 11.2 Å². The largest absolute Gasteiger partial charge is 0.495 e. The minimum absolute atomic E-state index is 0.0555. The van der Waals surface area contributed by atoms with Gasteiger partial charge < -0.3 is 14.4 Å². The number of rotatable bonds is 10. The van der Waals surface area contributed by atoms with E-state index < -0.39 is 17.6 Å². The van der Waals surface area contributed by atoms with Gasteiger partial charge in [-0.3, -0.25) is 14.4 Å². The molecule has 1 N–H and O–H groups in total. The third-order valence-electron chi connectivity index (χ3n) is 7.44. The smallest absolute Gasteiger partial charge is 0.335 e. The topological polar surface area (TPSA) is 103 Å². The average Bonchev–Trinajstić information content (AvgIpc) is 2.86. The summed E-state index contributed by atoms with van der Waals surface area (Å²) < 4.78 is 7.08. The first-order valence-corrected chi connectivity index (χ1v) is 13.2. The molecule has 1 heterocycles. The number of hydrogen-bond donors (Lipinski definition) is 1. The highest BCUT2D eigenvalue weighted by Crippen LogP contribution is 2.48. The lowest BCUT2D eigenvalue weighted by Crippen LogP contribution is -2.37. The number of methoxy groups -OCH3 is 1. The van der Waals surface area contributed by atoms with Crippen LogP contribution in [0, 0.1) is 11.3 Å². The van der Waals surface area contributed by atoms with Gasteiger partial charge in [-0.05, 0) is 79.0 Å². The summed E-state index contributed by atoms with van der Waals surface area (Å²) in [7, 11) is 1.47. The number of ether oxygens (including phenoxy) is 1. The fraction of sp³-hybridized carbons (Fsp3) is 0.355. The molecule has 1 atom stereocenters. The molecule has 0 spiro atoms. The first kappa shape index (κ1) is 28.3. The number of nitrogens with zero attached hydrogens (tertiary/aromatic N) is 1. The Morgan fingerprint density at radius 3 is 2.31 bits per heavy atom. The number of carboxylic acid groups (broad SMARTS) is 1. The molecule has 0 radical (unpaired) electrons. The van der Waals surface area contributed by atoms with Gasteiger partial charge in [0.25, 0.3) is 5.56 Å². The third-order valence-corrected chi connectivity index (χ3v) is 7.68. The molecule has 2 aromatic carbocycles. The van der Waals surface area contributed by atoms with Crippen LogP contribution in [0.4, 0.5) is 0 Å². The van der Waals surface area contributed by atoms with E-state index in [1.807, 2.05) is 0 Å². The van der Waals surface area contributed by atoms with E-state index in [0.29, 0.717) is 39.4 Å². The molecule has 1 aromatic heterocycles. The number of pyridine rings is 1. The highest BCUT2D eigenvalue weighted by atomic mass is 35.5. The van der Waals surface area contributed by atoms with Crippen LogP contribution in [0.25, 0.3) is 11.1 Å².